The number of nitrogens with zero attached hydrogens (tertiary/aromatic N) is 3. The Morgan fingerprint density at radius 3 is 2.23 bits per heavy atom. The van der Waals surface area contributed by atoms with Crippen molar-refractivity contribution in [3.05, 3.63) is 71.3 Å². The van der Waals surface area contributed by atoms with Crippen molar-refractivity contribution in [3.8, 4) is 0 Å². The van der Waals surface area contributed by atoms with Gasteiger partial charge < -0.3 is 4.74 Å². The van der Waals surface area contributed by atoms with Crippen molar-refractivity contribution in [1.29, 1.82) is 0 Å². The number of alkyl halides is 3. The SMILES string of the molecule is O=C1OC2(CN(Cc3ccc(C(F)(F)F)cc3)C2)C2CN(Cc3ccccc3)CCN12. The van der Waals surface area contributed by atoms with Crippen LogP contribution in [0.4, 0.5) is 18.0 Å². The number of hydrogen-bond acceptors (Lipinski definition) is 4. The third-order valence-corrected chi connectivity index (χ3v) is 6.52. The Kier molecular flexibility index (Phi) is 4.94. The molecule has 0 saturated carbocycles. The first-order chi connectivity index (χ1) is 14.8. The minimum absolute atomic E-state index is 0.00122. The van der Waals surface area contributed by atoms with Crippen molar-refractivity contribution in [3.63, 3.8) is 0 Å². The van der Waals surface area contributed by atoms with Crippen molar-refractivity contribution >= 4 is 6.09 Å². The van der Waals surface area contributed by atoms with Crippen LogP contribution in [0, 0.1) is 0 Å². The molecule has 5 nitrogen and oxygen atoms in total. The molecule has 8 heteroatoms. The summed E-state index contributed by atoms with van der Waals surface area (Å²) < 4.78 is 44.1. The van der Waals surface area contributed by atoms with Gasteiger partial charge in [-0.15, -0.1) is 0 Å². The molecule has 2 aromatic rings. The van der Waals surface area contributed by atoms with Crippen molar-refractivity contribution in [2.24, 2.45) is 0 Å². The van der Waals surface area contributed by atoms with E-state index < -0.39 is 17.3 Å². The molecular formula is C23H24F3N3O2. The molecule has 0 aliphatic carbocycles. The zero-order chi connectivity index (χ0) is 21.6. The maximum atomic E-state index is 12.8. The fourth-order valence-electron chi connectivity index (χ4n) is 4.95. The van der Waals surface area contributed by atoms with Crippen LogP contribution in [0.3, 0.4) is 0 Å². The second kappa shape index (κ2) is 7.53. The Morgan fingerprint density at radius 1 is 0.903 bits per heavy atom. The summed E-state index contributed by atoms with van der Waals surface area (Å²) >= 11 is 0. The number of halogens is 3. The Labute approximate surface area is 179 Å². The molecule has 2 aromatic carbocycles. The van der Waals surface area contributed by atoms with Crippen LogP contribution >= 0.6 is 0 Å². The third kappa shape index (κ3) is 3.90. The molecule has 1 atom stereocenters. The number of carbonyl (C=O) groups excluding carboxylic acids is 1. The number of amides is 1. The highest BCUT2D eigenvalue weighted by atomic mass is 19.4. The van der Waals surface area contributed by atoms with Gasteiger partial charge in [-0.2, -0.15) is 13.2 Å². The van der Waals surface area contributed by atoms with E-state index >= 15 is 0 Å². The Balaban J connectivity index is 1.22. The maximum absolute atomic E-state index is 12.8. The quantitative estimate of drug-likeness (QED) is 0.741. The molecule has 3 fully saturated rings. The van der Waals surface area contributed by atoms with Crippen LogP contribution in [-0.4, -0.2) is 65.2 Å². The van der Waals surface area contributed by atoms with E-state index in [0.717, 1.165) is 37.3 Å². The zero-order valence-electron chi connectivity index (χ0n) is 17.0. The minimum atomic E-state index is -4.33. The summed E-state index contributed by atoms with van der Waals surface area (Å²) in [5, 5.41) is 0. The number of benzene rings is 2. The number of fused-ring (bicyclic) bond motifs is 2. The van der Waals surface area contributed by atoms with Crippen LogP contribution in [-0.2, 0) is 24.0 Å². The minimum Gasteiger partial charge on any atom is -0.438 e. The summed E-state index contributed by atoms with van der Waals surface area (Å²) in [6.45, 7) is 4.79. The Morgan fingerprint density at radius 2 is 1.55 bits per heavy atom. The highest BCUT2D eigenvalue weighted by Gasteiger charge is 2.61. The van der Waals surface area contributed by atoms with E-state index in [0.29, 0.717) is 26.2 Å². The molecule has 1 spiro atoms. The number of carbonyl (C=O) groups is 1. The summed E-state index contributed by atoms with van der Waals surface area (Å²) in [6, 6.07) is 15.5. The van der Waals surface area contributed by atoms with Gasteiger partial charge >= 0.3 is 12.3 Å². The summed E-state index contributed by atoms with van der Waals surface area (Å²) in [4.78, 5) is 18.8. The average Bonchev–Trinajstić information content (AvgIpc) is 3.00. The van der Waals surface area contributed by atoms with E-state index in [4.69, 9.17) is 4.74 Å². The molecule has 164 valence electrons. The number of piperazine rings is 1. The molecule has 3 aliphatic rings. The van der Waals surface area contributed by atoms with Crippen molar-refractivity contribution in [2.45, 2.75) is 30.9 Å². The summed E-state index contributed by atoms with van der Waals surface area (Å²) in [7, 11) is 0. The number of rotatable bonds is 4. The van der Waals surface area contributed by atoms with Crippen molar-refractivity contribution in [1.82, 2.24) is 14.7 Å². The van der Waals surface area contributed by atoms with Crippen molar-refractivity contribution < 1.29 is 22.7 Å². The fourth-order valence-corrected chi connectivity index (χ4v) is 4.95. The van der Waals surface area contributed by atoms with E-state index in [2.05, 4.69) is 21.9 Å². The van der Waals surface area contributed by atoms with Crippen LogP contribution < -0.4 is 0 Å². The number of likely N-dealkylation sites (tertiary alicyclic amines) is 1. The fraction of sp³-hybridized carbons (Fsp3) is 0.435. The Bertz CT molecular complexity index is 943. The molecular weight excluding hydrogens is 407 g/mol. The predicted octanol–water partition coefficient (Wildman–Crippen LogP) is 3.60. The highest BCUT2D eigenvalue weighted by molar-refractivity contribution is 5.72. The predicted molar refractivity (Wildman–Crippen MR) is 108 cm³/mol. The molecule has 3 saturated heterocycles. The largest absolute Gasteiger partial charge is 0.438 e. The van der Waals surface area contributed by atoms with E-state index in [1.165, 1.54) is 17.7 Å². The molecule has 3 aliphatic heterocycles. The topological polar surface area (TPSA) is 36.0 Å². The van der Waals surface area contributed by atoms with Gasteiger partial charge in [0.1, 0.15) is 0 Å². The van der Waals surface area contributed by atoms with Gasteiger partial charge in [0.15, 0.2) is 5.60 Å². The first-order valence-electron chi connectivity index (χ1n) is 10.5. The first kappa shape index (κ1) is 20.3. The summed E-state index contributed by atoms with van der Waals surface area (Å²) in [5.74, 6) is 0. The number of ether oxygens (including phenoxy) is 1. The van der Waals surface area contributed by atoms with Gasteiger partial charge in [0.2, 0.25) is 0 Å². The van der Waals surface area contributed by atoms with Crippen LogP contribution in [0.2, 0.25) is 0 Å². The third-order valence-electron chi connectivity index (χ3n) is 6.52. The summed E-state index contributed by atoms with van der Waals surface area (Å²) in [5.41, 5.74) is 0.891. The molecule has 0 bridgehead atoms. The van der Waals surface area contributed by atoms with Crippen LogP contribution in [0.15, 0.2) is 54.6 Å². The normalized spacial score (nSPS) is 23.5. The van der Waals surface area contributed by atoms with Gasteiger partial charge in [0.25, 0.3) is 0 Å². The van der Waals surface area contributed by atoms with Crippen LogP contribution in [0.5, 0.6) is 0 Å². The van der Waals surface area contributed by atoms with Crippen LogP contribution in [0.25, 0.3) is 0 Å². The van der Waals surface area contributed by atoms with E-state index in [1.807, 2.05) is 23.1 Å². The first-order valence-corrected chi connectivity index (χ1v) is 10.5. The van der Waals surface area contributed by atoms with Crippen molar-refractivity contribution in [2.75, 3.05) is 32.7 Å². The molecule has 1 amide bonds. The van der Waals surface area contributed by atoms with Crippen LogP contribution in [0.1, 0.15) is 16.7 Å². The second-order valence-corrected chi connectivity index (χ2v) is 8.70. The van der Waals surface area contributed by atoms with Gasteiger partial charge in [0, 0.05) is 45.8 Å². The molecule has 3 heterocycles. The molecule has 31 heavy (non-hydrogen) atoms. The van der Waals surface area contributed by atoms with Gasteiger partial charge in [-0.1, -0.05) is 42.5 Å². The van der Waals surface area contributed by atoms with Gasteiger partial charge in [-0.05, 0) is 23.3 Å². The lowest BCUT2D eigenvalue weighted by molar-refractivity contribution is -0.137. The van der Waals surface area contributed by atoms with E-state index in [-0.39, 0.29) is 12.1 Å². The standard InChI is InChI=1S/C23H24F3N3O2/c24-23(25,26)19-8-6-18(7-9-19)13-28-15-22(16-28)20-14-27(10-11-29(20)21(30)31-22)12-17-4-2-1-3-5-17/h1-9,20H,10-16H2. The Hall–Kier alpha value is -2.58. The molecule has 0 aromatic heterocycles. The van der Waals surface area contributed by atoms with Gasteiger partial charge in [-0.25, -0.2) is 4.79 Å². The highest BCUT2D eigenvalue weighted by Crippen LogP contribution is 2.40. The lowest BCUT2D eigenvalue weighted by Crippen LogP contribution is -2.70. The molecule has 5 rings (SSSR count). The molecule has 0 N–H and O–H groups in total. The smallest absolute Gasteiger partial charge is 0.416 e. The number of hydrogen-bond donors (Lipinski definition) is 0. The van der Waals surface area contributed by atoms with Gasteiger partial charge in [-0.3, -0.25) is 14.7 Å². The monoisotopic (exact) mass is 431 g/mol. The lowest BCUT2D eigenvalue weighted by atomic mass is 9.84. The summed E-state index contributed by atoms with van der Waals surface area (Å²) in [6.07, 6.45) is -4.58. The second-order valence-electron chi connectivity index (χ2n) is 8.70. The van der Waals surface area contributed by atoms with Gasteiger partial charge in [0.05, 0.1) is 11.6 Å². The maximum Gasteiger partial charge on any atom is 0.416 e. The molecule has 0 radical (unpaired) electrons. The lowest BCUT2D eigenvalue weighted by Gasteiger charge is -2.51. The molecule has 1 unspecified atom stereocenters. The zero-order valence-corrected chi connectivity index (χ0v) is 17.0. The van der Waals surface area contributed by atoms with E-state index in [9.17, 15) is 18.0 Å². The van der Waals surface area contributed by atoms with E-state index in [1.54, 1.807) is 0 Å². The average molecular weight is 431 g/mol.